The number of rotatable bonds is 8. The van der Waals surface area contributed by atoms with Crippen LogP contribution < -0.4 is 20.1 Å². The van der Waals surface area contributed by atoms with Crippen molar-refractivity contribution in [2.45, 2.75) is 6.92 Å². The number of carbonyl (C=O) groups is 2. The normalized spacial score (nSPS) is 10.6. The van der Waals surface area contributed by atoms with Crippen LogP contribution in [0.4, 0.5) is 11.4 Å². The van der Waals surface area contributed by atoms with E-state index in [4.69, 9.17) is 9.47 Å². The Kier molecular flexibility index (Phi) is 7.81. The highest BCUT2D eigenvalue weighted by atomic mass is 16.5. The van der Waals surface area contributed by atoms with Crippen LogP contribution in [0.1, 0.15) is 11.1 Å². The van der Waals surface area contributed by atoms with E-state index in [9.17, 15) is 14.9 Å². The van der Waals surface area contributed by atoms with Crippen LogP contribution in [0.15, 0.2) is 78.4 Å². The smallest absolute Gasteiger partial charge is 0.266 e. The topological polar surface area (TPSA) is 100 Å². The van der Waals surface area contributed by atoms with Crippen LogP contribution >= 0.6 is 0 Å². The zero-order chi connectivity index (χ0) is 23.6. The summed E-state index contributed by atoms with van der Waals surface area (Å²) in [4.78, 5) is 24.6. The number of hydrogen-bond acceptors (Lipinski definition) is 5. The third-order valence-electron chi connectivity index (χ3n) is 4.59. The van der Waals surface area contributed by atoms with Gasteiger partial charge in [0.05, 0.1) is 7.11 Å². The molecule has 0 atom stereocenters. The Morgan fingerprint density at radius 2 is 1.64 bits per heavy atom. The molecule has 0 aliphatic carbocycles. The maximum Gasteiger partial charge on any atom is 0.266 e. The Morgan fingerprint density at radius 3 is 2.30 bits per heavy atom. The highest BCUT2D eigenvalue weighted by molar-refractivity contribution is 6.09. The van der Waals surface area contributed by atoms with Crippen molar-refractivity contribution >= 4 is 29.3 Å². The van der Waals surface area contributed by atoms with Crippen molar-refractivity contribution in [2.24, 2.45) is 0 Å². The predicted molar refractivity (Wildman–Crippen MR) is 127 cm³/mol. The zero-order valence-electron chi connectivity index (χ0n) is 18.3. The van der Waals surface area contributed by atoms with Crippen LogP contribution in [0.3, 0.4) is 0 Å². The van der Waals surface area contributed by atoms with E-state index in [1.807, 2.05) is 43.3 Å². The Labute approximate surface area is 192 Å². The van der Waals surface area contributed by atoms with Crippen LogP contribution in [0.2, 0.25) is 0 Å². The fourth-order valence-corrected chi connectivity index (χ4v) is 2.91. The monoisotopic (exact) mass is 441 g/mol. The first kappa shape index (κ1) is 23.1. The summed E-state index contributed by atoms with van der Waals surface area (Å²) in [5, 5.41) is 14.9. The maximum absolute atomic E-state index is 12.4. The molecule has 33 heavy (non-hydrogen) atoms. The van der Waals surface area contributed by atoms with Crippen molar-refractivity contribution in [3.8, 4) is 17.6 Å². The van der Waals surface area contributed by atoms with E-state index in [-0.39, 0.29) is 18.1 Å². The van der Waals surface area contributed by atoms with Crippen molar-refractivity contribution in [3.63, 3.8) is 0 Å². The molecule has 0 saturated heterocycles. The maximum atomic E-state index is 12.4. The summed E-state index contributed by atoms with van der Waals surface area (Å²) in [6.07, 6.45) is 1.45. The van der Waals surface area contributed by atoms with Gasteiger partial charge in [0.1, 0.15) is 11.6 Å². The lowest BCUT2D eigenvalue weighted by molar-refractivity contribution is -0.118. The molecule has 0 spiro atoms. The molecule has 0 aliphatic rings. The first-order valence-corrected chi connectivity index (χ1v) is 10.1. The molecule has 3 rings (SSSR count). The van der Waals surface area contributed by atoms with E-state index in [1.54, 1.807) is 42.5 Å². The molecule has 7 nitrogen and oxygen atoms in total. The summed E-state index contributed by atoms with van der Waals surface area (Å²) in [5.74, 6) is -0.0985. The second-order valence-electron chi connectivity index (χ2n) is 7.10. The van der Waals surface area contributed by atoms with Gasteiger partial charge in [-0.3, -0.25) is 9.59 Å². The molecule has 3 aromatic rings. The largest absolute Gasteiger partial charge is 0.493 e. The molecular weight excluding hydrogens is 418 g/mol. The van der Waals surface area contributed by atoms with Gasteiger partial charge in [0.2, 0.25) is 0 Å². The molecule has 7 heteroatoms. The van der Waals surface area contributed by atoms with Gasteiger partial charge in [-0.1, -0.05) is 42.0 Å². The van der Waals surface area contributed by atoms with Crippen molar-refractivity contribution in [3.05, 3.63) is 89.5 Å². The van der Waals surface area contributed by atoms with Crippen molar-refractivity contribution in [1.29, 1.82) is 5.26 Å². The molecule has 0 aliphatic heterocycles. The highest BCUT2D eigenvalue weighted by Gasteiger charge is 2.12. The fraction of sp³-hybridized carbons (Fsp3) is 0.115. The number of ether oxygens (including phenoxy) is 2. The molecule has 3 aromatic carbocycles. The number of benzene rings is 3. The van der Waals surface area contributed by atoms with E-state index in [0.717, 1.165) is 5.56 Å². The number of nitrogens with zero attached hydrogens (tertiary/aromatic N) is 1. The lowest BCUT2D eigenvalue weighted by Crippen LogP contribution is -2.20. The average Bonchev–Trinajstić information content (AvgIpc) is 2.83. The molecule has 0 unspecified atom stereocenters. The van der Waals surface area contributed by atoms with Crippen LogP contribution in [0, 0.1) is 18.3 Å². The summed E-state index contributed by atoms with van der Waals surface area (Å²) in [6.45, 7) is 1.76. The number of aryl methyl sites for hydroxylation is 1. The molecule has 2 amide bonds. The van der Waals surface area contributed by atoms with E-state index in [0.29, 0.717) is 28.4 Å². The van der Waals surface area contributed by atoms with Crippen LogP contribution in [-0.4, -0.2) is 25.5 Å². The number of nitrogens with one attached hydrogen (secondary N) is 2. The van der Waals surface area contributed by atoms with Gasteiger partial charge in [0.15, 0.2) is 18.1 Å². The van der Waals surface area contributed by atoms with E-state index < -0.39 is 5.91 Å². The molecule has 166 valence electrons. The number of hydrogen-bond donors (Lipinski definition) is 2. The van der Waals surface area contributed by atoms with Crippen molar-refractivity contribution < 1.29 is 19.1 Å². The second kappa shape index (κ2) is 11.2. The molecule has 0 aromatic heterocycles. The summed E-state index contributed by atoms with van der Waals surface area (Å²) in [7, 11) is 1.47. The summed E-state index contributed by atoms with van der Waals surface area (Å²) in [6, 6.07) is 23.1. The molecule has 0 heterocycles. The van der Waals surface area contributed by atoms with Crippen LogP contribution in [0.5, 0.6) is 11.5 Å². The van der Waals surface area contributed by atoms with Crippen molar-refractivity contribution in [2.75, 3.05) is 24.4 Å². The van der Waals surface area contributed by atoms with Gasteiger partial charge < -0.3 is 20.1 Å². The van der Waals surface area contributed by atoms with E-state index in [1.165, 1.54) is 13.2 Å². The summed E-state index contributed by atoms with van der Waals surface area (Å²) >= 11 is 0. The van der Waals surface area contributed by atoms with Gasteiger partial charge in [0.25, 0.3) is 11.8 Å². The fourth-order valence-electron chi connectivity index (χ4n) is 2.91. The van der Waals surface area contributed by atoms with Crippen LogP contribution in [-0.2, 0) is 9.59 Å². The molecular formula is C26H23N3O4. The minimum absolute atomic E-state index is 0.0629. The molecule has 2 N–H and O–H groups in total. The Bertz CT molecular complexity index is 1200. The first-order chi connectivity index (χ1) is 16.0. The molecule has 0 saturated carbocycles. The number of amides is 2. The molecule has 0 radical (unpaired) electrons. The van der Waals surface area contributed by atoms with Gasteiger partial charge in [-0.25, -0.2) is 0 Å². The standard InChI is InChI=1S/C26H23N3O4/c1-18-8-11-22(12-9-18)28-25(30)17-33-23-13-10-19(15-24(23)32-2)14-20(16-27)26(31)29-21-6-4-3-5-7-21/h3-15H,17H2,1-2H3,(H,28,30)(H,29,31)/b20-14+. The zero-order valence-corrected chi connectivity index (χ0v) is 18.3. The predicted octanol–water partition coefficient (Wildman–Crippen LogP) is 4.57. The number of methoxy groups -OCH3 is 1. The average molecular weight is 441 g/mol. The number of nitriles is 1. The lowest BCUT2D eigenvalue weighted by atomic mass is 10.1. The van der Waals surface area contributed by atoms with Gasteiger partial charge in [-0.05, 0) is 55.0 Å². The van der Waals surface area contributed by atoms with Gasteiger partial charge in [-0.15, -0.1) is 0 Å². The first-order valence-electron chi connectivity index (χ1n) is 10.1. The second-order valence-corrected chi connectivity index (χ2v) is 7.10. The summed E-state index contributed by atoms with van der Waals surface area (Å²) in [5.41, 5.74) is 2.88. The number of para-hydroxylation sites is 1. The minimum Gasteiger partial charge on any atom is -0.493 e. The highest BCUT2D eigenvalue weighted by Crippen LogP contribution is 2.29. The molecule has 0 bridgehead atoms. The SMILES string of the molecule is COc1cc(/C=C(\C#N)C(=O)Nc2ccccc2)ccc1OCC(=O)Nc1ccc(C)cc1. The van der Waals surface area contributed by atoms with Gasteiger partial charge in [-0.2, -0.15) is 5.26 Å². The Balaban J connectivity index is 1.66. The van der Waals surface area contributed by atoms with E-state index in [2.05, 4.69) is 10.6 Å². The van der Waals surface area contributed by atoms with Gasteiger partial charge >= 0.3 is 0 Å². The van der Waals surface area contributed by atoms with E-state index >= 15 is 0 Å². The van der Waals surface area contributed by atoms with Gasteiger partial charge in [0, 0.05) is 11.4 Å². The van der Waals surface area contributed by atoms with Crippen molar-refractivity contribution in [1.82, 2.24) is 0 Å². The third kappa shape index (κ3) is 6.71. The number of anilines is 2. The lowest BCUT2D eigenvalue weighted by Gasteiger charge is -2.12. The Hall–Kier alpha value is -4.57. The Morgan fingerprint density at radius 1 is 0.939 bits per heavy atom. The van der Waals surface area contributed by atoms with Crippen LogP contribution in [0.25, 0.3) is 6.08 Å². The summed E-state index contributed by atoms with van der Waals surface area (Å²) < 4.78 is 10.9. The molecule has 0 fully saturated rings. The quantitative estimate of drug-likeness (QED) is 0.394. The third-order valence-corrected chi connectivity index (χ3v) is 4.59. The minimum atomic E-state index is -0.518. The number of carbonyl (C=O) groups excluding carboxylic acids is 2.